The van der Waals surface area contributed by atoms with E-state index in [-0.39, 0.29) is 5.54 Å². The fourth-order valence-electron chi connectivity index (χ4n) is 1.75. The number of hydrogen-bond donors (Lipinski definition) is 2. The summed E-state index contributed by atoms with van der Waals surface area (Å²) in [6.07, 6.45) is 0. The van der Waals surface area contributed by atoms with E-state index in [9.17, 15) is 0 Å². The molecule has 1 heterocycles. The molecule has 3 N–H and O–H groups in total. The Hall–Kier alpha value is -1.55. The van der Waals surface area contributed by atoms with Crippen LogP contribution >= 0.6 is 11.3 Å². The van der Waals surface area contributed by atoms with Gasteiger partial charge in [0.25, 0.3) is 0 Å². The van der Waals surface area contributed by atoms with Crippen molar-refractivity contribution in [3.8, 4) is 0 Å². The number of aliphatic imine (C=N–C) groups is 1. The van der Waals surface area contributed by atoms with Gasteiger partial charge in [0.2, 0.25) is 0 Å². The van der Waals surface area contributed by atoms with Gasteiger partial charge in [-0.15, -0.1) is 11.3 Å². The maximum absolute atomic E-state index is 5.86. The van der Waals surface area contributed by atoms with Gasteiger partial charge in [-0.3, -0.25) is 0 Å². The predicted octanol–water partition coefficient (Wildman–Crippen LogP) is 3.10. The molecule has 2 rings (SSSR count). The molecule has 96 valence electrons. The van der Waals surface area contributed by atoms with E-state index < -0.39 is 0 Å². The number of fused-ring (bicyclic) bond motifs is 1. The molecule has 0 aliphatic rings. The minimum Gasteiger partial charge on any atom is -0.370 e. The van der Waals surface area contributed by atoms with Gasteiger partial charge in [0, 0.05) is 10.2 Å². The van der Waals surface area contributed by atoms with Gasteiger partial charge in [-0.1, -0.05) is 18.2 Å². The van der Waals surface area contributed by atoms with Gasteiger partial charge in [0.1, 0.15) is 0 Å². The Morgan fingerprint density at radius 1 is 1.33 bits per heavy atom. The van der Waals surface area contributed by atoms with Crippen molar-refractivity contribution >= 4 is 27.4 Å². The molecule has 0 atom stereocenters. The third kappa shape index (κ3) is 3.23. The van der Waals surface area contributed by atoms with Crippen molar-refractivity contribution in [3.63, 3.8) is 0 Å². The van der Waals surface area contributed by atoms with Crippen LogP contribution < -0.4 is 11.1 Å². The third-order valence-electron chi connectivity index (χ3n) is 2.48. The quantitative estimate of drug-likeness (QED) is 0.644. The highest BCUT2D eigenvalue weighted by molar-refractivity contribution is 7.17. The Bertz CT molecular complexity index is 564. The molecule has 0 fully saturated rings. The molecule has 18 heavy (non-hydrogen) atoms. The largest absolute Gasteiger partial charge is 0.370 e. The Balaban J connectivity index is 2.13. The van der Waals surface area contributed by atoms with Gasteiger partial charge in [-0.2, -0.15) is 0 Å². The normalized spacial score (nSPS) is 12.9. The number of nitrogens with one attached hydrogen (secondary N) is 1. The molecule has 2 aromatic rings. The molecule has 0 spiro atoms. The smallest absolute Gasteiger partial charge is 0.189 e. The number of nitrogens with two attached hydrogens (primary N) is 1. The fraction of sp³-hybridized carbons (Fsp3) is 0.357. The Kier molecular flexibility index (Phi) is 3.57. The van der Waals surface area contributed by atoms with E-state index in [1.54, 1.807) is 11.3 Å². The maximum Gasteiger partial charge on any atom is 0.189 e. The highest BCUT2D eigenvalue weighted by atomic mass is 32.1. The zero-order chi connectivity index (χ0) is 13.2. The van der Waals surface area contributed by atoms with Gasteiger partial charge in [0.15, 0.2) is 5.96 Å². The topological polar surface area (TPSA) is 50.4 Å². The molecule has 0 aliphatic carbocycles. The van der Waals surface area contributed by atoms with E-state index >= 15 is 0 Å². The van der Waals surface area contributed by atoms with Crippen molar-refractivity contribution in [3.05, 3.63) is 35.2 Å². The average molecular weight is 261 g/mol. The van der Waals surface area contributed by atoms with Gasteiger partial charge in [0.05, 0.1) is 6.54 Å². The third-order valence-corrected chi connectivity index (χ3v) is 3.50. The van der Waals surface area contributed by atoms with Crippen molar-refractivity contribution in [2.24, 2.45) is 10.7 Å². The van der Waals surface area contributed by atoms with E-state index in [0.717, 1.165) is 0 Å². The summed E-state index contributed by atoms with van der Waals surface area (Å²) >= 11 is 1.75. The second-order valence-electron chi connectivity index (χ2n) is 5.33. The van der Waals surface area contributed by atoms with Gasteiger partial charge >= 0.3 is 0 Å². The van der Waals surface area contributed by atoms with Crippen LogP contribution in [-0.2, 0) is 6.54 Å². The number of benzene rings is 1. The lowest BCUT2D eigenvalue weighted by atomic mass is 10.1. The lowest BCUT2D eigenvalue weighted by Gasteiger charge is -2.20. The van der Waals surface area contributed by atoms with E-state index in [1.165, 1.54) is 15.6 Å². The van der Waals surface area contributed by atoms with Crippen LogP contribution in [0, 0.1) is 0 Å². The number of rotatable bonds is 2. The summed E-state index contributed by atoms with van der Waals surface area (Å²) in [6, 6.07) is 8.37. The average Bonchev–Trinajstić information content (AvgIpc) is 2.67. The predicted molar refractivity (Wildman–Crippen MR) is 80.0 cm³/mol. The molecule has 3 nitrogen and oxygen atoms in total. The summed E-state index contributed by atoms with van der Waals surface area (Å²) in [4.78, 5) is 4.39. The molecular weight excluding hydrogens is 242 g/mol. The molecule has 0 radical (unpaired) electrons. The molecule has 1 aromatic carbocycles. The van der Waals surface area contributed by atoms with Crippen molar-refractivity contribution in [1.29, 1.82) is 0 Å². The Labute approximate surface area is 112 Å². The van der Waals surface area contributed by atoms with Crippen LogP contribution in [-0.4, -0.2) is 11.5 Å². The molecule has 0 unspecified atom stereocenters. The molecule has 4 heteroatoms. The number of guanidine groups is 1. The van der Waals surface area contributed by atoms with E-state index in [4.69, 9.17) is 5.73 Å². The van der Waals surface area contributed by atoms with Crippen molar-refractivity contribution in [1.82, 2.24) is 5.32 Å². The van der Waals surface area contributed by atoms with Gasteiger partial charge < -0.3 is 11.1 Å². The fourth-order valence-corrected chi connectivity index (χ4v) is 2.70. The SMILES string of the molecule is CC(C)(C)NC(N)=NCc1csc2ccccc12. The highest BCUT2D eigenvalue weighted by Crippen LogP contribution is 2.25. The molecule has 0 amide bonds. The second-order valence-corrected chi connectivity index (χ2v) is 6.24. The monoisotopic (exact) mass is 261 g/mol. The number of thiophene rings is 1. The zero-order valence-electron chi connectivity index (χ0n) is 11.0. The standard InChI is InChI=1S/C14H19N3S/c1-14(2,3)17-13(15)16-8-10-9-18-12-7-5-4-6-11(10)12/h4-7,9H,8H2,1-3H3,(H3,15,16,17). The summed E-state index contributed by atoms with van der Waals surface area (Å²) in [5.41, 5.74) is 7.04. The van der Waals surface area contributed by atoms with Crippen molar-refractivity contribution in [2.75, 3.05) is 0 Å². The first-order valence-electron chi connectivity index (χ1n) is 5.99. The van der Waals surface area contributed by atoms with Crippen LogP contribution in [0.4, 0.5) is 0 Å². The molecule has 0 bridgehead atoms. The molecule has 0 saturated carbocycles. The first kappa shape index (κ1) is 12.9. The zero-order valence-corrected chi connectivity index (χ0v) is 11.8. The number of nitrogens with zero attached hydrogens (tertiary/aromatic N) is 1. The summed E-state index contributed by atoms with van der Waals surface area (Å²) in [7, 11) is 0. The van der Waals surface area contributed by atoms with Crippen LogP contribution in [0.5, 0.6) is 0 Å². The minimum atomic E-state index is -0.0513. The number of hydrogen-bond acceptors (Lipinski definition) is 2. The summed E-state index contributed by atoms with van der Waals surface area (Å²) < 4.78 is 1.30. The van der Waals surface area contributed by atoms with Crippen LogP contribution in [0.25, 0.3) is 10.1 Å². The molecule has 0 aliphatic heterocycles. The van der Waals surface area contributed by atoms with E-state index in [1.807, 2.05) is 0 Å². The Morgan fingerprint density at radius 3 is 2.78 bits per heavy atom. The lowest BCUT2D eigenvalue weighted by molar-refractivity contribution is 0.508. The highest BCUT2D eigenvalue weighted by Gasteiger charge is 2.10. The van der Waals surface area contributed by atoms with E-state index in [0.29, 0.717) is 12.5 Å². The Morgan fingerprint density at radius 2 is 2.06 bits per heavy atom. The van der Waals surface area contributed by atoms with Crippen LogP contribution in [0.3, 0.4) is 0 Å². The van der Waals surface area contributed by atoms with Crippen LogP contribution in [0.2, 0.25) is 0 Å². The van der Waals surface area contributed by atoms with E-state index in [2.05, 4.69) is 60.7 Å². The van der Waals surface area contributed by atoms with Crippen molar-refractivity contribution < 1.29 is 0 Å². The van der Waals surface area contributed by atoms with Crippen molar-refractivity contribution in [2.45, 2.75) is 32.9 Å². The summed E-state index contributed by atoms with van der Waals surface area (Å²) in [5, 5.41) is 6.59. The van der Waals surface area contributed by atoms with Crippen LogP contribution in [0.1, 0.15) is 26.3 Å². The summed E-state index contributed by atoms with van der Waals surface area (Å²) in [5.74, 6) is 0.498. The first-order valence-corrected chi connectivity index (χ1v) is 6.87. The minimum absolute atomic E-state index is 0.0513. The second kappa shape index (κ2) is 4.98. The van der Waals surface area contributed by atoms with Crippen LogP contribution in [0.15, 0.2) is 34.6 Å². The molecular formula is C14H19N3S. The lowest BCUT2D eigenvalue weighted by Crippen LogP contribution is -2.44. The molecule has 0 saturated heterocycles. The maximum atomic E-state index is 5.86. The van der Waals surface area contributed by atoms with Gasteiger partial charge in [-0.05, 0) is 43.2 Å². The first-order chi connectivity index (χ1) is 8.46. The summed E-state index contributed by atoms with van der Waals surface area (Å²) in [6.45, 7) is 6.82. The molecule has 1 aromatic heterocycles. The van der Waals surface area contributed by atoms with Gasteiger partial charge in [-0.25, -0.2) is 4.99 Å².